The highest BCUT2D eigenvalue weighted by Gasteiger charge is 2.21. The Balaban J connectivity index is 2.79. The van der Waals surface area contributed by atoms with Gasteiger partial charge in [0.05, 0.1) is 10.8 Å². The fraction of sp³-hybridized carbons (Fsp3) is 0.636. The number of sulfonamides is 1. The van der Waals surface area contributed by atoms with Crippen molar-refractivity contribution in [2.24, 2.45) is 5.92 Å². The average molecular weight is 296 g/mol. The maximum absolute atomic E-state index is 12.2. The quantitative estimate of drug-likeness (QED) is 0.756. The Morgan fingerprint density at radius 2 is 2.12 bits per heavy atom. The van der Waals surface area contributed by atoms with Crippen LogP contribution in [0, 0.1) is 5.92 Å². The zero-order valence-corrected chi connectivity index (χ0v) is 12.7. The van der Waals surface area contributed by atoms with Crippen molar-refractivity contribution in [3.05, 3.63) is 16.3 Å². The van der Waals surface area contributed by atoms with E-state index < -0.39 is 10.0 Å². The standard InChI is InChI=1S/C11H18ClNO2S2/c1-9(2)4-5-13(3)17(14,15)11-6-10(7-12)16-8-11/h6,8-9H,4-5,7H2,1-3H3. The van der Waals surface area contributed by atoms with Crippen LogP contribution in [0.15, 0.2) is 16.3 Å². The highest BCUT2D eigenvalue weighted by atomic mass is 35.5. The normalized spacial score (nSPS) is 12.6. The van der Waals surface area contributed by atoms with Gasteiger partial charge in [-0.1, -0.05) is 13.8 Å². The van der Waals surface area contributed by atoms with Crippen molar-refractivity contribution < 1.29 is 8.42 Å². The molecule has 0 fully saturated rings. The maximum atomic E-state index is 12.2. The molecule has 1 aromatic heterocycles. The summed E-state index contributed by atoms with van der Waals surface area (Å²) in [6.45, 7) is 4.71. The van der Waals surface area contributed by atoms with E-state index in [-0.39, 0.29) is 0 Å². The number of hydrogen-bond acceptors (Lipinski definition) is 3. The molecular weight excluding hydrogens is 278 g/mol. The third kappa shape index (κ3) is 3.95. The summed E-state index contributed by atoms with van der Waals surface area (Å²) in [6, 6.07) is 1.65. The van der Waals surface area contributed by atoms with E-state index in [9.17, 15) is 8.42 Å². The number of alkyl halides is 1. The van der Waals surface area contributed by atoms with Crippen LogP contribution in [0.4, 0.5) is 0 Å². The molecule has 17 heavy (non-hydrogen) atoms. The molecule has 98 valence electrons. The van der Waals surface area contributed by atoms with E-state index in [4.69, 9.17) is 11.6 Å². The lowest BCUT2D eigenvalue weighted by atomic mass is 10.1. The van der Waals surface area contributed by atoms with Crippen LogP contribution < -0.4 is 0 Å². The van der Waals surface area contributed by atoms with Crippen LogP contribution in [0.2, 0.25) is 0 Å². The first kappa shape index (κ1) is 15.0. The minimum Gasteiger partial charge on any atom is -0.207 e. The van der Waals surface area contributed by atoms with Gasteiger partial charge < -0.3 is 0 Å². The van der Waals surface area contributed by atoms with Gasteiger partial charge in [-0.15, -0.1) is 22.9 Å². The smallest absolute Gasteiger partial charge is 0.207 e. The van der Waals surface area contributed by atoms with Crippen LogP contribution in [0.3, 0.4) is 0 Å². The van der Waals surface area contributed by atoms with Crippen molar-refractivity contribution in [1.82, 2.24) is 4.31 Å². The minimum absolute atomic E-state index is 0.351. The molecule has 0 unspecified atom stereocenters. The first-order valence-electron chi connectivity index (χ1n) is 5.47. The van der Waals surface area contributed by atoms with E-state index in [1.807, 2.05) is 0 Å². The lowest BCUT2D eigenvalue weighted by molar-refractivity contribution is 0.428. The lowest BCUT2D eigenvalue weighted by Crippen LogP contribution is -2.28. The van der Waals surface area contributed by atoms with Gasteiger partial charge in [0.2, 0.25) is 10.0 Å². The number of nitrogens with zero attached hydrogens (tertiary/aromatic N) is 1. The summed E-state index contributed by atoms with van der Waals surface area (Å²) in [5, 5.41) is 1.65. The number of thiophene rings is 1. The van der Waals surface area contributed by atoms with Crippen molar-refractivity contribution in [1.29, 1.82) is 0 Å². The van der Waals surface area contributed by atoms with Crippen LogP contribution in [0.25, 0.3) is 0 Å². The molecule has 0 saturated heterocycles. The van der Waals surface area contributed by atoms with Crippen molar-refractivity contribution in [2.75, 3.05) is 13.6 Å². The Kier molecular flexibility index (Phi) is 5.44. The first-order valence-corrected chi connectivity index (χ1v) is 8.33. The zero-order chi connectivity index (χ0) is 13.1. The molecule has 0 atom stereocenters. The SMILES string of the molecule is CC(C)CCN(C)S(=O)(=O)c1csc(CCl)c1. The summed E-state index contributed by atoms with van der Waals surface area (Å²) in [6.07, 6.45) is 0.863. The van der Waals surface area contributed by atoms with Gasteiger partial charge >= 0.3 is 0 Å². The molecule has 3 nitrogen and oxygen atoms in total. The molecule has 0 amide bonds. The van der Waals surface area contributed by atoms with Gasteiger partial charge in [-0.05, 0) is 18.4 Å². The molecule has 0 bridgehead atoms. The fourth-order valence-corrected chi connectivity index (χ4v) is 3.87. The summed E-state index contributed by atoms with van der Waals surface area (Å²) in [7, 11) is -1.72. The lowest BCUT2D eigenvalue weighted by Gasteiger charge is -2.17. The van der Waals surface area contributed by atoms with Crippen LogP contribution in [-0.2, 0) is 15.9 Å². The van der Waals surface area contributed by atoms with Crippen molar-refractivity contribution in [2.45, 2.75) is 31.0 Å². The Morgan fingerprint density at radius 3 is 2.59 bits per heavy atom. The summed E-state index contributed by atoms with van der Waals surface area (Å²) in [5.41, 5.74) is 0. The predicted molar refractivity (Wildman–Crippen MR) is 73.1 cm³/mol. The van der Waals surface area contributed by atoms with Gasteiger partial charge in [0.15, 0.2) is 0 Å². The molecule has 0 spiro atoms. The van der Waals surface area contributed by atoms with Gasteiger partial charge in [-0.3, -0.25) is 0 Å². The molecule has 0 N–H and O–H groups in total. The van der Waals surface area contributed by atoms with E-state index in [2.05, 4.69) is 13.8 Å². The number of halogens is 1. The van der Waals surface area contributed by atoms with Crippen molar-refractivity contribution in [3.8, 4) is 0 Å². The first-order chi connectivity index (χ1) is 7.87. The second kappa shape index (κ2) is 6.18. The van der Waals surface area contributed by atoms with Gasteiger partial charge in [-0.2, -0.15) is 0 Å². The predicted octanol–water partition coefficient (Wildman–Crippen LogP) is 3.15. The average Bonchev–Trinajstić information content (AvgIpc) is 2.74. The van der Waals surface area contributed by atoms with Crippen molar-refractivity contribution >= 4 is 33.0 Å². The Labute approximate surface area is 112 Å². The largest absolute Gasteiger partial charge is 0.243 e. The third-order valence-electron chi connectivity index (χ3n) is 2.49. The topological polar surface area (TPSA) is 37.4 Å². The fourth-order valence-electron chi connectivity index (χ4n) is 1.31. The monoisotopic (exact) mass is 295 g/mol. The zero-order valence-electron chi connectivity index (χ0n) is 10.3. The molecule has 1 aromatic rings. The van der Waals surface area contributed by atoms with Crippen molar-refractivity contribution in [3.63, 3.8) is 0 Å². The second-order valence-corrected chi connectivity index (χ2v) is 7.70. The van der Waals surface area contributed by atoms with E-state index in [0.29, 0.717) is 23.2 Å². The van der Waals surface area contributed by atoms with E-state index in [0.717, 1.165) is 11.3 Å². The van der Waals surface area contributed by atoms with Crippen LogP contribution in [-0.4, -0.2) is 26.3 Å². The molecule has 1 heterocycles. The van der Waals surface area contributed by atoms with E-state index in [1.165, 1.54) is 15.6 Å². The second-order valence-electron chi connectivity index (χ2n) is 4.39. The molecule has 6 heteroatoms. The Morgan fingerprint density at radius 1 is 1.47 bits per heavy atom. The van der Waals surface area contributed by atoms with Crippen LogP contribution in [0.5, 0.6) is 0 Å². The van der Waals surface area contributed by atoms with Gasteiger partial charge in [0.25, 0.3) is 0 Å². The molecular formula is C11H18ClNO2S2. The molecule has 1 rings (SSSR count). The molecule has 0 radical (unpaired) electrons. The third-order valence-corrected chi connectivity index (χ3v) is 5.86. The Hall–Kier alpha value is -0.100. The minimum atomic E-state index is -3.34. The molecule has 0 aliphatic heterocycles. The summed E-state index contributed by atoms with van der Waals surface area (Å²) >= 11 is 7.06. The molecule has 0 aliphatic rings. The summed E-state index contributed by atoms with van der Waals surface area (Å²) < 4.78 is 25.7. The molecule has 0 aromatic carbocycles. The highest BCUT2D eigenvalue weighted by molar-refractivity contribution is 7.89. The van der Waals surface area contributed by atoms with Crippen LogP contribution >= 0.6 is 22.9 Å². The summed E-state index contributed by atoms with van der Waals surface area (Å²) in [4.78, 5) is 1.23. The number of hydrogen-bond donors (Lipinski definition) is 0. The number of rotatable bonds is 6. The van der Waals surface area contributed by atoms with E-state index in [1.54, 1.807) is 18.5 Å². The maximum Gasteiger partial charge on any atom is 0.243 e. The Bertz CT molecular complexity index is 454. The van der Waals surface area contributed by atoms with E-state index >= 15 is 0 Å². The summed E-state index contributed by atoms with van der Waals surface area (Å²) in [5.74, 6) is 0.851. The molecule has 0 saturated carbocycles. The molecule has 0 aliphatic carbocycles. The van der Waals surface area contributed by atoms with Crippen LogP contribution in [0.1, 0.15) is 25.1 Å². The highest BCUT2D eigenvalue weighted by Crippen LogP contribution is 2.23. The van der Waals surface area contributed by atoms with Gasteiger partial charge in [-0.25, -0.2) is 12.7 Å². The van der Waals surface area contributed by atoms with Gasteiger partial charge in [0.1, 0.15) is 0 Å². The van der Waals surface area contributed by atoms with Gasteiger partial charge in [0, 0.05) is 23.8 Å².